The Balaban J connectivity index is 2.27. The molecule has 0 saturated heterocycles. The fourth-order valence-corrected chi connectivity index (χ4v) is 3.89. The number of carbonyl (C=O) groups is 2. The Kier molecular flexibility index (Phi) is 8.95. The zero-order valence-corrected chi connectivity index (χ0v) is 21.0. The molecule has 0 aliphatic rings. The topological polar surface area (TPSA) is 58.6 Å². The van der Waals surface area contributed by atoms with Crippen LogP contribution in [0.3, 0.4) is 0 Å². The Morgan fingerprint density at radius 3 is 2.45 bits per heavy atom. The second kappa shape index (κ2) is 11.0. The van der Waals surface area contributed by atoms with Gasteiger partial charge >= 0.3 is 0 Å². The Morgan fingerprint density at radius 1 is 1.19 bits per heavy atom. The first-order valence-electron chi connectivity index (χ1n) is 10.3. The summed E-state index contributed by atoms with van der Waals surface area (Å²) >= 11 is 9.56. The molecule has 0 fully saturated rings. The first-order chi connectivity index (χ1) is 14.5. The molecule has 0 radical (unpaired) electrons. The molecule has 0 saturated carbocycles. The maximum absolute atomic E-state index is 13.2. The lowest BCUT2D eigenvalue weighted by Gasteiger charge is -2.33. The van der Waals surface area contributed by atoms with Crippen molar-refractivity contribution < 1.29 is 14.3 Å². The highest BCUT2D eigenvalue weighted by atomic mass is 79.9. The summed E-state index contributed by atoms with van der Waals surface area (Å²) in [5, 5.41) is 3.40. The number of aryl methyl sites for hydroxylation is 1. The Labute approximate surface area is 198 Å². The number of nitrogens with zero attached hydrogens (tertiary/aromatic N) is 1. The molecule has 0 unspecified atom stereocenters. The van der Waals surface area contributed by atoms with E-state index in [-0.39, 0.29) is 18.4 Å². The Hall–Kier alpha value is -2.05. The van der Waals surface area contributed by atoms with Crippen LogP contribution in [0.4, 0.5) is 0 Å². The van der Waals surface area contributed by atoms with Crippen molar-refractivity contribution in [3.05, 3.63) is 63.1 Å². The van der Waals surface area contributed by atoms with Crippen LogP contribution >= 0.6 is 27.5 Å². The van der Waals surface area contributed by atoms with Gasteiger partial charge in [0, 0.05) is 16.6 Å². The summed E-state index contributed by atoms with van der Waals surface area (Å²) in [5.41, 5.74) is 1.64. The number of nitrogens with one attached hydrogen (secondary N) is 1. The van der Waals surface area contributed by atoms with Gasteiger partial charge in [-0.05, 0) is 63.4 Å². The zero-order chi connectivity index (χ0) is 23.2. The average molecular weight is 510 g/mol. The van der Waals surface area contributed by atoms with Gasteiger partial charge in [-0.25, -0.2) is 0 Å². The highest BCUT2D eigenvalue weighted by molar-refractivity contribution is 9.10. The molecule has 1 atom stereocenters. The van der Waals surface area contributed by atoms with E-state index in [1.165, 1.54) is 0 Å². The van der Waals surface area contributed by atoms with Gasteiger partial charge in [-0.1, -0.05) is 58.7 Å². The standard InChI is InChI=1S/C24H30BrClN2O3/c1-6-20(23(30)27-24(3,4)5)28(14-17-10-8-7-9-16(17)2)22(29)15-31-21-12-11-18(25)13-19(21)26/h7-13,20H,6,14-15H2,1-5H3,(H,27,30)/t20-/m0/s1. The lowest BCUT2D eigenvalue weighted by Crippen LogP contribution is -2.54. The van der Waals surface area contributed by atoms with Crippen LogP contribution in [0.2, 0.25) is 5.02 Å². The predicted molar refractivity (Wildman–Crippen MR) is 128 cm³/mol. The van der Waals surface area contributed by atoms with Gasteiger partial charge in [0.25, 0.3) is 5.91 Å². The summed E-state index contributed by atoms with van der Waals surface area (Å²) in [5.74, 6) is -0.0435. The summed E-state index contributed by atoms with van der Waals surface area (Å²) < 4.78 is 6.52. The normalized spacial score (nSPS) is 12.2. The molecule has 0 aromatic heterocycles. The van der Waals surface area contributed by atoms with E-state index in [4.69, 9.17) is 16.3 Å². The van der Waals surface area contributed by atoms with Crippen LogP contribution in [0.5, 0.6) is 5.75 Å². The van der Waals surface area contributed by atoms with Gasteiger partial charge in [-0.3, -0.25) is 9.59 Å². The molecule has 0 aliphatic carbocycles. The molecule has 2 rings (SSSR count). The van der Waals surface area contributed by atoms with E-state index in [2.05, 4.69) is 21.2 Å². The van der Waals surface area contributed by atoms with Crippen LogP contribution in [0, 0.1) is 6.92 Å². The van der Waals surface area contributed by atoms with Gasteiger partial charge in [-0.2, -0.15) is 0 Å². The molecular weight excluding hydrogens is 480 g/mol. The van der Waals surface area contributed by atoms with Crippen molar-refractivity contribution >= 4 is 39.3 Å². The van der Waals surface area contributed by atoms with Crippen LogP contribution in [0.25, 0.3) is 0 Å². The number of amides is 2. The molecule has 0 heterocycles. The summed E-state index contributed by atoms with van der Waals surface area (Å²) in [7, 11) is 0. The second-order valence-electron chi connectivity index (χ2n) is 8.47. The fraction of sp³-hybridized carbons (Fsp3) is 0.417. The van der Waals surface area contributed by atoms with E-state index in [0.29, 0.717) is 23.7 Å². The number of hydrogen-bond acceptors (Lipinski definition) is 3. The van der Waals surface area contributed by atoms with Crippen molar-refractivity contribution in [1.82, 2.24) is 10.2 Å². The summed E-state index contributed by atoms with van der Waals surface area (Å²) in [4.78, 5) is 27.8. The monoisotopic (exact) mass is 508 g/mol. The van der Waals surface area contributed by atoms with E-state index >= 15 is 0 Å². The highest BCUT2D eigenvalue weighted by Crippen LogP contribution is 2.28. The zero-order valence-electron chi connectivity index (χ0n) is 18.7. The molecule has 7 heteroatoms. The molecule has 0 bridgehead atoms. The third-order valence-corrected chi connectivity index (χ3v) is 5.52. The third-order valence-electron chi connectivity index (χ3n) is 4.73. The second-order valence-corrected chi connectivity index (χ2v) is 9.80. The summed E-state index contributed by atoms with van der Waals surface area (Å²) in [6, 6.07) is 12.4. The molecule has 2 amide bonds. The van der Waals surface area contributed by atoms with Crippen LogP contribution in [-0.2, 0) is 16.1 Å². The van der Waals surface area contributed by atoms with E-state index in [1.807, 2.05) is 58.9 Å². The van der Waals surface area contributed by atoms with E-state index < -0.39 is 11.6 Å². The fourth-order valence-electron chi connectivity index (χ4n) is 3.16. The van der Waals surface area contributed by atoms with Crippen molar-refractivity contribution in [3.63, 3.8) is 0 Å². The van der Waals surface area contributed by atoms with E-state index in [0.717, 1.165) is 15.6 Å². The number of halogens is 2. The van der Waals surface area contributed by atoms with E-state index in [9.17, 15) is 9.59 Å². The average Bonchev–Trinajstić information content (AvgIpc) is 2.67. The van der Waals surface area contributed by atoms with Crippen molar-refractivity contribution in [1.29, 1.82) is 0 Å². The first-order valence-corrected chi connectivity index (χ1v) is 11.4. The molecule has 1 N–H and O–H groups in total. The lowest BCUT2D eigenvalue weighted by atomic mass is 10.0. The summed E-state index contributed by atoms with van der Waals surface area (Å²) in [6.45, 7) is 9.76. The summed E-state index contributed by atoms with van der Waals surface area (Å²) in [6.07, 6.45) is 0.485. The number of carbonyl (C=O) groups excluding carboxylic acids is 2. The number of hydrogen-bond donors (Lipinski definition) is 1. The largest absolute Gasteiger partial charge is 0.482 e. The van der Waals surface area contributed by atoms with Crippen molar-refractivity contribution in [2.45, 2.75) is 59.2 Å². The molecule has 5 nitrogen and oxygen atoms in total. The van der Waals surface area contributed by atoms with Gasteiger partial charge in [0.15, 0.2) is 6.61 Å². The van der Waals surface area contributed by atoms with Crippen LogP contribution in [0.15, 0.2) is 46.9 Å². The van der Waals surface area contributed by atoms with Gasteiger partial charge in [0.05, 0.1) is 5.02 Å². The SMILES string of the molecule is CC[C@@H](C(=O)NC(C)(C)C)N(Cc1ccccc1C)C(=O)COc1ccc(Br)cc1Cl. The maximum atomic E-state index is 13.2. The predicted octanol–water partition coefficient (Wildman–Crippen LogP) is 5.51. The molecule has 2 aromatic carbocycles. The lowest BCUT2D eigenvalue weighted by molar-refractivity contribution is -0.143. The maximum Gasteiger partial charge on any atom is 0.261 e. The van der Waals surface area contributed by atoms with Crippen LogP contribution < -0.4 is 10.1 Å². The number of rotatable bonds is 8. The third kappa shape index (κ3) is 7.54. The van der Waals surface area contributed by atoms with Crippen molar-refractivity contribution in [3.8, 4) is 5.75 Å². The minimum atomic E-state index is -0.615. The Bertz CT molecular complexity index is 927. The molecule has 2 aromatic rings. The molecule has 0 aliphatic heterocycles. The quantitative estimate of drug-likeness (QED) is 0.510. The van der Waals surface area contributed by atoms with Gasteiger partial charge < -0.3 is 15.0 Å². The van der Waals surface area contributed by atoms with Gasteiger partial charge in [-0.15, -0.1) is 0 Å². The smallest absolute Gasteiger partial charge is 0.261 e. The minimum Gasteiger partial charge on any atom is -0.482 e. The molecule has 168 valence electrons. The molecule has 31 heavy (non-hydrogen) atoms. The van der Waals surface area contributed by atoms with Crippen LogP contribution in [0.1, 0.15) is 45.2 Å². The van der Waals surface area contributed by atoms with Gasteiger partial charge in [0.2, 0.25) is 5.91 Å². The minimum absolute atomic E-state index is 0.182. The molecular formula is C24H30BrClN2O3. The van der Waals surface area contributed by atoms with Gasteiger partial charge in [0.1, 0.15) is 11.8 Å². The van der Waals surface area contributed by atoms with Crippen molar-refractivity contribution in [2.75, 3.05) is 6.61 Å². The number of ether oxygens (including phenoxy) is 1. The Morgan fingerprint density at radius 2 is 1.87 bits per heavy atom. The van der Waals surface area contributed by atoms with E-state index in [1.54, 1.807) is 23.1 Å². The van der Waals surface area contributed by atoms with Crippen molar-refractivity contribution in [2.24, 2.45) is 0 Å². The first kappa shape index (κ1) is 25.2. The number of benzene rings is 2. The van der Waals surface area contributed by atoms with Crippen LogP contribution in [-0.4, -0.2) is 34.9 Å². The highest BCUT2D eigenvalue weighted by Gasteiger charge is 2.31. The molecule has 0 spiro atoms.